The van der Waals surface area contributed by atoms with Gasteiger partial charge in [0.25, 0.3) is 5.91 Å². The van der Waals surface area contributed by atoms with Gasteiger partial charge in [-0.2, -0.15) is 5.26 Å². The van der Waals surface area contributed by atoms with Gasteiger partial charge in [-0.25, -0.2) is 0 Å². The molecule has 1 aromatic rings. The van der Waals surface area contributed by atoms with Crippen LogP contribution in [-0.2, 0) is 0 Å². The zero-order valence-electron chi connectivity index (χ0n) is 10.4. The minimum atomic E-state index is -1.11. The van der Waals surface area contributed by atoms with Crippen LogP contribution >= 0.6 is 0 Å². The molecule has 5 nitrogen and oxygen atoms in total. The van der Waals surface area contributed by atoms with Gasteiger partial charge in [-0.15, -0.1) is 0 Å². The van der Waals surface area contributed by atoms with Crippen molar-refractivity contribution < 1.29 is 15.0 Å². The minimum absolute atomic E-state index is 0.124. The average Bonchev–Trinajstić information content (AvgIpc) is 3.22. The van der Waals surface area contributed by atoms with Crippen LogP contribution in [0.15, 0.2) is 24.3 Å². The van der Waals surface area contributed by atoms with Gasteiger partial charge < -0.3 is 15.5 Å². The Balaban J connectivity index is 2.00. The molecule has 2 atom stereocenters. The summed E-state index contributed by atoms with van der Waals surface area (Å²) in [5.41, 5.74) is 1.02. The van der Waals surface area contributed by atoms with Gasteiger partial charge in [-0.05, 0) is 30.5 Å². The molecule has 1 amide bonds. The molecule has 0 radical (unpaired) electrons. The van der Waals surface area contributed by atoms with Gasteiger partial charge >= 0.3 is 0 Å². The van der Waals surface area contributed by atoms with E-state index in [1.807, 2.05) is 0 Å². The number of carbonyl (C=O) groups excluding carboxylic acids is 1. The fraction of sp³-hybridized carbons (Fsp3) is 0.429. The molecular formula is C14H16N2O3. The van der Waals surface area contributed by atoms with Gasteiger partial charge in [0, 0.05) is 11.6 Å². The first-order chi connectivity index (χ1) is 9.11. The highest BCUT2D eigenvalue weighted by Crippen LogP contribution is 2.21. The molecule has 1 saturated carbocycles. The van der Waals surface area contributed by atoms with E-state index in [1.54, 1.807) is 30.3 Å². The third-order valence-electron chi connectivity index (χ3n) is 3.09. The van der Waals surface area contributed by atoms with E-state index in [4.69, 9.17) is 5.26 Å². The number of hydrogen-bond acceptors (Lipinski definition) is 4. The number of carbonyl (C=O) groups is 1. The van der Waals surface area contributed by atoms with E-state index in [9.17, 15) is 15.0 Å². The number of nitrogens with one attached hydrogen (secondary N) is 1. The van der Waals surface area contributed by atoms with E-state index in [-0.39, 0.29) is 12.3 Å². The van der Waals surface area contributed by atoms with Crippen LogP contribution in [0.4, 0.5) is 0 Å². The summed E-state index contributed by atoms with van der Waals surface area (Å²) in [5.74, 6) is -0.124. The molecule has 0 spiro atoms. The Morgan fingerprint density at radius 2 is 2.00 bits per heavy atom. The first-order valence-electron chi connectivity index (χ1n) is 6.25. The SMILES string of the molecule is N#CCC(O)C(O)c1ccc(C(=O)NC2CC2)cc1. The predicted octanol–water partition coefficient (Wildman–Crippen LogP) is 0.887. The lowest BCUT2D eigenvalue weighted by Gasteiger charge is -2.15. The number of aliphatic hydroxyl groups is 2. The maximum atomic E-state index is 11.7. The van der Waals surface area contributed by atoms with E-state index in [0.29, 0.717) is 17.2 Å². The van der Waals surface area contributed by atoms with Gasteiger partial charge in [-0.3, -0.25) is 4.79 Å². The lowest BCUT2D eigenvalue weighted by Crippen LogP contribution is -2.25. The molecule has 1 fully saturated rings. The van der Waals surface area contributed by atoms with Crippen LogP contribution in [-0.4, -0.2) is 28.3 Å². The van der Waals surface area contributed by atoms with Crippen molar-refractivity contribution in [2.45, 2.75) is 37.5 Å². The average molecular weight is 260 g/mol. The second-order valence-electron chi connectivity index (χ2n) is 4.74. The lowest BCUT2D eigenvalue weighted by atomic mass is 10.0. The molecule has 0 heterocycles. The van der Waals surface area contributed by atoms with Crippen LogP contribution in [0.1, 0.15) is 41.3 Å². The monoisotopic (exact) mass is 260 g/mol. The van der Waals surface area contributed by atoms with Crippen LogP contribution in [0.25, 0.3) is 0 Å². The van der Waals surface area contributed by atoms with Gasteiger partial charge in [0.1, 0.15) is 6.10 Å². The quantitative estimate of drug-likeness (QED) is 0.732. The summed E-state index contributed by atoms with van der Waals surface area (Å²) in [5, 5.41) is 30.7. The molecule has 3 N–H and O–H groups in total. The summed E-state index contributed by atoms with van der Waals surface area (Å²) < 4.78 is 0. The first kappa shape index (κ1) is 13.5. The fourth-order valence-electron chi connectivity index (χ4n) is 1.76. The number of aliphatic hydroxyl groups excluding tert-OH is 2. The lowest BCUT2D eigenvalue weighted by molar-refractivity contribution is 0.0216. The van der Waals surface area contributed by atoms with Crippen molar-refractivity contribution >= 4 is 5.91 Å². The molecule has 100 valence electrons. The van der Waals surface area contributed by atoms with Crippen molar-refractivity contribution in [1.82, 2.24) is 5.32 Å². The molecule has 1 aliphatic carbocycles. The summed E-state index contributed by atoms with van der Waals surface area (Å²) in [6.45, 7) is 0. The highest BCUT2D eigenvalue weighted by Gasteiger charge is 2.24. The predicted molar refractivity (Wildman–Crippen MR) is 68.1 cm³/mol. The number of amides is 1. The van der Waals surface area contributed by atoms with E-state index < -0.39 is 12.2 Å². The summed E-state index contributed by atoms with van der Waals surface area (Å²) in [6, 6.07) is 8.50. The van der Waals surface area contributed by atoms with Gasteiger partial charge in [0.05, 0.1) is 18.6 Å². The van der Waals surface area contributed by atoms with Crippen molar-refractivity contribution in [2.24, 2.45) is 0 Å². The van der Waals surface area contributed by atoms with Crippen LogP contribution in [0.3, 0.4) is 0 Å². The van der Waals surface area contributed by atoms with Crippen molar-refractivity contribution in [3.63, 3.8) is 0 Å². The maximum absolute atomic E-state index is 11.7. The van der Waals surface area contributed by atoms with E-state index >= 15 is 0 Å². The van der Waals surface area contributed by atoms with E-state index in [1.165, 1.54) is 0 Å². The van der Waals surface area contributed by atoms with Crippen molar-refractivity contribution in [1.29, 1.82) is 5.26 Å². The number of rotatable bonds is 5. The van der Waals surface area contributed by atoms with Crippen molar-refractivity contribution in [2.75, 3.05) is 0 Å². The van der Waals surface area contributed by atoms with Crippen LogP contribution in [0.2, 0.25) is 0 Å². The Hall–Kier alpha value is -1.90. The molecule has 19 heavy (non-hydrogen) atoms. The van der Waals surface area contributed by atoms with Crippen LogP contribution in [0, 0.1) is 11.3 Å². The fourth-order valence-corrected chi connectivity index (χ4v) is 1.76. The zero-order chi connectivity index (χ0) is 13.8. The topological polar surface area (TPSA) is 93.3 Å². The van der Waals surface area contributed by atoms with E-state index in [2.05, 4.69) is 5.32 Å². The number of nitriles is 1. The molecule has 2 unspecified atom stereocenters. The van der Waals surface area contributed by atoms with Crippen molar-refractivity contribution in [3.8, 4) is 6.07 Å². The molecule has 0 saturated heterocycles. The number of nitrogens with zero attached hydrogens (tertiary/aromatic N) is 1. The smallest absolute Gasteiger partial charge is 0.251 e. The Bertz CT molecular complexity index is 488. The summed E-state index contributed by atoms with van der Waals surface area (Å²) in [4.78, 5) is 11.7. The highest BCUT2D eigenvalue weighted by molar-refractivity contribution is 5.94. The van der Waals surface area contributed by atoms with E-state index in [0.717, 1.165) is 12.8 Å². The molecule has 2 rings (SSSR count). The Kier molecular flexibility index (Phi) is 4.15. The zero-order valence-corrected chi connectivity index (χ0v) is 10.4. The largest absolute Gasteiger partial charge is 0.389 e. The van der Waals surface area contributed by atoms with Gasteiger partial charge in [0.15, 0.2) is 0 Å². The minimum Gasteiger partial charge on any atom is -0.389 e. The molecule has 1 aliphatic rings. The Labute approximate surface area is 111 Å². The third kappa shape index (κ3) is 3.53. The molecule has 5 heteroatoms. The molecule has 0 aromatic heterocycles. The standard InChI is InChI=1S/C14H16N2O3/c15-8-7-12(17)13(18)9-1-3-10(4-2-9)14(19)16-11-5-6-11/h1-4,11-13,17-18H,5-7H2,(H,16,19). The normalized spacial score (nSPS) is 17.3. The Morgan fingerprint density at radius 3 is 2.53 bits per heavy atom. The molecule has 1 aromatic carbocycles. The molecular weight excluding hydrogens is 244 g/mol. The molecule has 0 bridgehead atoms. The van der Waals surface area contributed by atoms with Gasteiger partial charge in [-0.1, -0.05) is 12.1 Å². The maximum Gasteiger partial charge on any atom is 0.251 e. The Morgan fingerprint density at radius 1 is 1.37 bits per heavy atom. The second kappa shape index (κ2) is 5.83. The van der Waals surface area contributed by atoms with Crippen LogP contribution < -0.4 is 5.32 Å². The third-order valence-corrected chi connectivity index (χ3v) is 3.09. The second-order valence-corrected chi connectivity index (χ2v) is 4.74. The molecule has 0 aliphatic heterocycles. The number of hydrogen-bond donors (Lipinski definition) is 3. The highest BCUT2D eigenvalue weighted by atomic mass is 16.3. The van der Waals surface area contributed by atoms with Gasteiger partial charge in [0.2, 0.25) is 0 Å². The van der Waals surface area contributed by atoms with Crippen molar-refractivity contribution in [3.05, 3.63) is 35.4 Å². The summed E-state index contributed by atoms with van der Waals surface area (Å²) >= 11 is 0. The first-order valence-corrected chi connectivity index (χ1v) is 6.25. The number of benzene rings is 1. The summed E-state index contributed by atoms with van der Waals surface area (Å²) in [6.07, 6.45) is -0.298. The van der Waals surface area contributed by atoms with Crippen LogP contribution in [0.5, 0.6) is 0 Å². The summed E-state index contributed by atoms with van der Waals surface area (Å²) in [7, 11) is 0.